The minimum atomic E-state index is -1.65. The van der Waals surface area contributed by atoms with Gasteiger partial charge in [-0.2, -0.15) is 4.21 Å². The van der Waals surface area contributed by atoms with Crippen LogP contribution in [0, 0.1) is 0 Å². The fraction of sp³-hybridized carbons (Fsp3) is 0.200. The molecule has 0 fully saturated rings. The molecule has 10 heavy (non-hydrogen) atoms. The van der Waals surface area contributed by atoms with Crippen LogP contribution in [0.15, 0.2) is 23.9 Å². The van der Waals surface area contributed by atoms with Crippen molar-refractivity contribution >= 4 is 11.4 Å². The number of ether oxygens (including phenoxy) is 1. The van der Waals surface area contributed by atoms with E-state index in [0.29, 0.717) is 18.1 Å². The number of hydrogen-bond donors (Lipinski definition) is 0. The summed E-state index contributed by atoms with van der Waals surface area (Å²) in [6.45, 7) is 0.303. The average Bonchev–Trinajstić information content (AvgIpc) is 2.27. The lowest BCUT2D eigenvalue weighted by atomic mass is 10.4. The molecule has 2 heterocycles. The molecule has 1 unspecified atom stereocenters. The Bertz CT molecular complexity index is 242. The summed E-state index contributed by atoms with van der Waals surface area (Å²) in [7, 11) is 0. The van der Waals surface area contributed by atoms with E-state index in [-0.39, 0.29) is 0 Å². The molecular formula is C5H4O4S. The molecule has 54 valence electrons. The van der Waals surface area contributed by atoms with Gasteiger partial charge in [0.25, 0.3) is 0 Å². The molecule has 2 rings (SSSR count). The third-order valence-electron chi connectivity index (χ3n) is 1.13. The molecule has 0 amide bonds. The maximum absolute atomic E-state index is 10.5. The quantitative estimate of drug-likeness (QED) is 0.513. The molecule has 5 heteroatoms. The second-order valence-electron chi connectivity index (χ2n) is 1.77. The Morgan fingerprint density at radius 3 is 3.20 bits per heavy atom. The van der Waals surface area contributed by atoms with E-state index in [9.17, 15) is 4.21 Å². The molecule has 2 aliphatic rings. The van der Waals surface area contributed by atoms with Crippen LogP contribution < -0.4 is 0 Å². The smallest absolute Gasteiger partial charge is 0.417 e. The first-order valence-electron chi connectivity index (χ1n) is 2.66. The van der Waals surface area contributed by atoms with Crippen molar-refractivity contribution in [2.45, 2.75) is 0 Å². The van der Waals surface area contributed by atoms with Gasteiger partial charge in [-0.1, -0.05) is 0 Å². The summed E-state index contributed by atoms with van der Waals surface area (Å²) in [5, 5.41) is 0. The van der Waals surface area contributed by atoms with E-state index in [1.54, 1.807) is 6.08 Å². The molecule has 2 aliphatic heterocycles. The number of allylic oxidation sites excluding steroid dienone is 1. The fourth-order valence-electron chi connectivity index (χ4n) is 0.710. The van der Waals surface area contributed by atoms with Crippen LogP contribution in [0.5, 0.6) is 0 Å². The SMILES string of the molecule is O=S1OC2=C(COC=C2)O1. The molecule has 0 spiro atoms. The third kappa shape index (κ3) is 0.786. The van der Waals surface area contributed by atoms with Crippen LogP contribution in [-0.4, -0.2) is 10.8 Å². The Balaban J connectivity index is 2.29. The Kier molecular flexibility index (Phi) is 1.17. The average molecular weight is 160 g/mol. The third-order valence-corrected chi connectivity index (χ3v) is 1.78. The molecule has 0 aliphatic carbocycles. The summed E-state index contributed by atoms with van der Waals surface area (Å²) < 4.78 is 24.8. The van der Waals surface area contributed by atoms with Crippen LogP contribution >= 0.6 is 0 Å². The van der Waals surface area contributed by atoms with Gasteiger partial charge in [-0.05, 0) is 0 Å². The van der Waals surface area contributed by atoms with Crippen molar-refractivity contribution in [2.24, 2.45) is 0 Å². The first kappa shape index (κ1) is 5.79. The minimum Gasteiger partial charge on any atom is -0.493 e. The summed E-state index contributed by atoms with van der Waals surface area (Å²) in [5.74, 6) is 1.01. The molecular weight excluding hydrogens is 156 g/mol. The number of rotatable bonds is 0. The molecule has 0 aromatic heterocycles. The highest BCUT2D eigenvalue weighted by Crippen LogP contribution is 2.24. The van der Waals surface area contributed by atoms with E-state index in [4.69, 9.17) is 13.1 Å². The first-order chi connectivity index (χ1) is 4.86. The number of hydrogen-bond acceptors (Lipinski definition) is 4. The molecule has 0 saturated carbocycles. The van der Waals surface area contributed by atoms with Gasteiger partial charge in [-0.25, -0.2) is 0 Å². The van der Waals surface area contributed by atoms with Crippen molar-refractivity contribution in [1.29, 1.82) is 0 Å². The summed E-state index contributed by atoms with van der Waals surface area (Å²) in [4.78, 5) is 0. The molecule has 0 aromatic rings. The highest BCUT2D eigenvalue weighted by Gasteiger charge is 2.25. The fourth-order valence-corrected chi connectivity index (χ4v) is 1.33. The van der Waals surface area contributed by atoms with Crippen molar-refractivity contribution < 1.29 is 17.3 Å². The van der Waals surface area contributed by atoms with Crippen molar-refractivity contribution in [3.05, 3.63) is 23.9 Å². The van der Waals surface area contributed by atoms with Crippen LogP contribution in [0.2, 0.25) is 0 Å². The van der Waals surface area contributed by atoms with E-state index < -0.39 is 11.4 Å². The lowest BCUT2D eigenvalue weighted by Gasteiger charge is -2.02. The summed E-state index contributed by atoms with van der Waals surface area (Å²) in [6.07, 6.45) is 3.05. The highest BCUT2D eigenvalue weighted by atomic mass is 32.2. The van der Waals surface area contributed by atoms with Gasteiger partial charge in [0.15, 0.2) is 5.76 Å². The van der Waals surface area contributed by atoms with Gasteiger partial charge in [-0.3, -0.25) is 0 Å². The Hall–Kier alpha value is -0.970. The lowest BCUT2D eigenvalue weighted by molar-refractivity contribution is 0.232. The van der Waals surface area contributed by atoms with Gasteiger partial charge in [0.1, 0.15) is 6.61 Å². The molecule has 0 aromatic carbocycles. The van der Waals surface area contributed by atoms with Gasteiger partial charge in [-0.15, -0.1) is 0 Å². The van der Waals surface area contributed by atoms with Gasteiger partial charge >= 0.3 is 11.4 Å². The molecule has 4 nitrogen and oxygen atoms in total. The van der Waals surface area contributed by atoms with Crippen LogP contribution in [0.1, 0.15) is 0 Å². The summed E-state index contributed by atoms with van der Waals surface area (Å²) in [6, 6.07) is 0. The van der Waals surface area contributed by atoms with Crippen LogP contribution in [0.3, 0.4) is 0 Å². The highest BCUT2D eigenvalue weighted by molar-refractivity contribution is 7.75. The van der Waals surface area contributed by atoms with Crippen molar-refractivity contribution in [1.82, 2.24) is 0 Å². The zero-order chi connectivity index (χ0) is 6.97. The molecule has 0 N–H and O–H groups in total. The largest absolute Gasteiger partial charge is 0.493 e. The predicted octanol–water partition coefficient (Wildman–Crippen LogP) is 0.367. The maximum atomic E-state index is 10.5. The van der Waals surface area contributed by atoms with Crippen LogP contribution in [0.25, 0.3) is 0 Å². The summed E-state index contributed by atoms with van der Waals surface area (Å²) >= 11 is -1.65. The second kappa shape index (κ2) is 2.02. The van der Waals surface area contributed by atoms with Crippen LogP contribution in [-0.2, 0) is 24.5 Å². The zero-order valence-corrected chi connectivity index (χ0v) is 5.72. The lowest BCUT2D eigenvalue weighted by Crippen LogP contribution is -1.98. The predicted molar refractivity (Wildman–Crippen MR) is 32.4 cm³/mol. The van der Waals surface area contributed by atoms with E-state index >= 15 is 0 Å². The van der Waals surface area contributed by atoms with Crippen LogP contribution in [0.4, 0.5) is 0 Å². The molecule has 0 bridgehead atoms. The Labute approximate surface area is 59.9 Å². The first-order valence-corrected chi connectivity index (χ1v) is 3.66. The van der Waals surface area contributed by atoms with Gasteiger partial charge in [0.05, 0.1) is 6.26 Å². The van der Waals surface area contributed by atoms with Crippen molar-refractivity contribution in [3.63, 3.8) is 0 Å². The normalized spacial score (nSPS) is 28.6. The van der Waals surface area contributed by atoms with E-state index in [1.807, 2.05) is 0 Å². The zero-order valence-electron chi connectivity index (χ0n) is 4.90. The van der Waals surface area contributed by atoms with E-state index in [1.165, 1.54) is 6.26 Å². The minimum absolute atomic E-state index is 0.303. The monoisotopic (exact) mass is 160 g/mol. The molecule has 1 atom stereocenters. The molecule has 0 saturated heterocycles. The maximum Gasteiger partial charge on any atom is 0.417 e. The summed E-state index contributed by atoms with van der Waals surface area (Å²) in [5.41, 5.74) is 0. The Morgan fingerprint density at radius 2 is 2.40 bits per heavy atom. The topological polar surface area (TPSA) is 44.8 Å². The van der Waals surface area contributed by atoms with Crippen molar-refractivity contribution in [3.8, 4) is 0 Å². The molecule has 0 radical (unpaired) electrons. The van der Waals surface area contributed by atoms with Gasteiger partial charge in [0.2, 0.25) is 5.76 Å². The van der Waals surface area contributed by atoms with E-state index in [0.717, 1.165) is 0 Å². The second-order valence-corrected chi connectivity index (χ2v) is 2.51. The van der Waals surface area contributed by atoms with E-state index in [2.05, 4.69) is 0 Å². The standard InChI is InChI=1S/C5H4O4S/c6-10-8-4-1-2-7-3-5(4)9-10/h1-2H,3H2. The Morgan fingerprint density at radius 1 is 1.50 bits per heavy atom. The van der Waals surface area contributed by atoms with Gasteiger partial charge < -0.3 is 13.1 Å². The van der Waals surface area contributed by atoms with Gasteiger partial charge in [0, 0.05) is 6.08 Å². The van der Waals surface area contributed by atoms with Crippen molar-refractivity contribution in [2.75, 3.05) is 6.61 Å².